The van der Waals surface area contributed by atoms with E-state index in [1.54, 1.807) is 0 Å². The predicted molar refractivity (Wildman–Crippen MR) is 101 cm³/mol. The van der Waals surface area contributed by atoms with E-state index in [4.69, 9.17) is 0 Å². The van der Waals surface area contributed by atoms with Crippen LogP contribution in [0.4, 0.5) is 5.69 Å². The van der Waals surface area contributed by atoms with E-state index in [0.29, 0.717) is 13.1 Å². The maximum Gasteiger partial charge on any atom is 0.227 e. The Morgan fingerprint density at radius 1 is 1.28 bits per heavy atom. The number of benzene rings is 1. The molecule has 1 fully saturated rings. The van der Waals surface area contributed by atoms with Crippen LogP contribution < -0.4 is 10.2 Å². The van der Waals surface area contributed by atoms with Crippen LogP contribution in [-0.4, -0.2) is 43.9 Å². The van der Waals surface area contributed by atoms with Gasteiger partial charge in [-0.2, -0.15) is 0 Å². The second-order valence-electron chi connectivity index (χ2n) is 8.12. The Labute approximate surface area is 151 Å². The number of piperidine rings is 1. The SMILES string of the molecule is CN(C)c1cccc(CNC(=O)[C@H]2CCCN(C(=O)C(C)(C)C)C2)c1. The maximum absolute atomic E-state index is 12.5. The quantitative estimate of drug-likeness (QED) is 0.913. The van der Waals surface area contributed by atoms with Crippen LogP contribution in [0.15, 0.2) is 24.3 Å². The summed E-state index contributed by atoms with van der Waals surface area (Å²) >= 11 is 0. The summed E-state index contributed by atoms with van der Waals surface area (Å²) in [5, 5.41) is 3.04. The minimum atomic E-state index is -0.398. The van der Waals surface area contributed by atoms with Crippen molar-refractivity contribution < 1.29 is 9.59 Å². The van der Waals surface area contributed by atoms with Gasteiger partial charge in [0.1, 0.15) is 0 Å². The largest absolute Gasteiger partial charge is 0.378 e. The summed E-state index contributed by atoms with van der Waals surface area (Å²) in [5.41, 5.74) is 1.80. The molecular weight excluding hydrogens is 314 g/mol. The molecule has 0 bridgehead atoms. The fraction of sp³-hybridized carbons (Fsp3) is 0.600. The van der Waals surface area contributed by atoms with Crippen molar-refractivity contribution in [3.8, 4) is 0 Å². The molecule has 0 spiro atoms. The maximum atomic E-state index is 12.5. The smallest absolute Gasteiger partial charge is 0.227 e. The molecule has 0 aromatic heterocycles. The van der Waals surface area contributed by atoms with E-state index in [-0.39, 0.29) is 17.7 Å². The van der Waals surface area contributed by atoms with Crippen LogP contribution in [0.1, 0.15) is 39.2 Å². The molecule has 1 N–H and O–H groups in total. The fourth-order valence-electron chi connectivity index (χ4n) is 3.13. The zero-order chi connectivity index (χ0) is 18.6. The summed E-state index contributed by atoms with van der Waals surface area (Å²) in [6.45, 7) is 7.58. The summed E-state index contributed by atoms with van der Waals surface area (Å²) in [6, 6.07) is 8.14. The number of nitrogens with one attached hydrogen (secondary N) is 1. The number of carbonyl (C=O) groups is 2. The number of hydrogen-bond acceptors (Lipinski definition) is 3. The summed E-state index contributed by atoms with van der Waals surface area (Å²) in [7, 11) is 4.00. The highest BCUT2D eigenvalue weighted by Gasteiger charge is 2.33. The first kappa shape index (κ1) is 19.3. The van der Waals surface area contributed by atoms with Crippen molar-refractivity contribution in [1.29, 1.82) is 0 Å². The summed E-state index contributed by atoms with van der Waals surface area (Å²) in [4.78, 5) is 28.9. The van der Waals surface area contributed by atoms with E-state index < -0.39 is 5.41 Å². The first-order valence-corrected chi connectivity index (χ1v) is 9.02. The van der Waals surface area contributed by atoms with Crippen molar-refractivity contribution >= 4 is 17.5 Å². The third kappa shape index (κ3) is 5.21. The lowest BCUT2D eigenvalue weighted by atomic mass is 9.91. The molecular formula is C20H31N3O2. The van der Waals surface area contributed by atoms with E-state index in [1.807, 2.05) is 62.9 Å². The van der Waals surface area contributed by atoms with Gasteiger partial charge < -0.3 is 15.1 Å². The van der Waals surface area contributed by atoms with Crippen LogP contribution in [0.25, 0.3) is 0 Å². The third-order valence-corrected chi connectivity index (χ3v) is 4.61. The first-order chi connectivity index (χ1) is 11.7. The highest BCUT2D eigenvalue weighted by atomic mass is 16.2. The van der Waals surface area contributed by atoms with Crippen LogP contribution >= 0.6 is 0 Å². The molecule has 1 aromatic rings. The molecule has 0 aliphatic carbocycles. The normalized spacial score (nSPS) is 18.0. The zero-order valence-corrected chi connectivity index (χ0v) is 16.1. The van der Waals surface area contributed by atoms with Gasteiger partial charge in [-0.25, -0.2) is 0 Å². The molecule has 0 unspecified atom stereocenters. The van der Waals surface area contributed by atoms with Crippen molar-refractivity contribution in [1.82, 2.24) is 10.2 Å². The Bertz CT molecular complexity index is 620. The van der Waals surface area contributed by atoms with Crippen molar-refractivity contribution in [2.24, 2.45) is 11.3 Å². The topological polar surface area (TPSA) is 52.7 Å². The minimum Gasteiger partial charge on any atom is -0.378 e. The molecule has 1 atom stereocenters. The summed E-state index contributed by atoms with van der Waals surface area (Å²) < 4.78 is 0. The molecule has 1 aromatic carbocycles. The lowest BCUT2D eigenvalue weighted by Crippen LogP contribution is -2.48. The van der Waals surface area contributed by atoms with Crippen molar-refractivity contribution in [2.75, 3.05) is 32.1 Å². The average molecular weight is 345 g/mol. The predicted octanol–water partition coefficient (Wildman–Crippen LogP) is 2.65. The number of carbonyl (C=O) groups excluding carboxylic acids is 2. The zero-order valence-electron chi connectivity index (χ0n) is 16.1. The van der Waals surface area contributed by atoms with E-state index in [2.05, 4.69) is 11.4 Å². The molecule has 0 radical (unpaired) electrons. The van der Waals surface area contributed by atoms with Gasteiger partial charge in [0.25, 0.3) is 0 Å². The highest BCUT2D eigenvalue weighted by molar-refractivity contribution is 5.83. The standard InChI is InChI=1S/C20H31N3O2/c1-20(2,3)19(25)23-11-7-9-16(14-23)18(24)21-13-15-8-6-10-17(12-15)22(4)5/h6,8,10,12,16H,7,9,11,13-14H2,1-5H3,(H,21,24)/t16-/m0/s1. The van der Waals surface area contributed by atoms with Crippen LogP contribution in [-0.2, 0) is 16.1 Å². The van der Waals surface area contributed by atoms with Gasteiger partial charge in [-0.05, 0) is 30.5 Å². The van der Waals surface area contributed by atoms with Gasteiger partial charge in [0, 0.05) is 44.8 Å². The Morgan fingerprint density at radius 2 is 2.00 bits per heavy atom. The molecule has 5 heteroatoms. The van der Waals surface area contributed by atoms with Gasteiger partial charge in [-0.1, -0.05) is 32.9 Å². The Hall–Kier alpha value is -2.04. The average Bonchev–Trinajstić information content (AvgIpc) is 2.58. The van der Waals surface area contributed by atoms with E-state index in [0.717, 1.165) is 30.6 Å². The summed E-state index contributed by atoms with van der Waals surface area (Å²) in [6.07, 6.45) is 1.73. The van der Waals surface area contributed by atoms with Crippen molar-refractivity contribution in [3.63, 3.8) is 0 Å². The van der Waals surface area contributed by atoms with Gasteiger partial charge >= 0.3 is 0 Å². The van der Waals surface area contributed by atoms with E-state index in [9.17, 15) is 9.59 Å². The number of nitrogens with zero attached hydrogens (tertiary/aromatic N) is 2. The molecule has 1 aliphatic rings. The molecule has 1 aliphatic heterocycles. The molecule has 5 nitrogen and oxygen atoms in total. The Balaban J connectivity index is 1.92. The molecule has 2 rings (SSSR count). The molecule has 138 valence electrons. The molecule has 1 saturated heterocycles. The molecule has 1 heterocycles. The number of rotatable bonds is 4. The molecule has 0 saturated carbocycles. The number of amides is 2. The third-order valence-electron chi connectivity index (χ3n) is 4.61. The first-order valence-electron chi connectivity index (χ1n) is 9.02. The lowest BCUT2D eigenvalue weighted by Gasteiger charge is -2.35. The van der Waals surface area contributed by atoms with E-state index in [1.165, 1.54) is 0 Å². The Morgan fingerprint density at radius 3 is 2.64 bits per heavy atom. The van der Waals surface area contributed by atoms with Gasteiger partial charge in [-0.3, -0.25) is 9.59 Å². The number of likely N-dealkylation sites (tertiary alicyclic amines) is 1. The second kappa shape index (κ2) is 7.89. The van der Waals surface area contributed by atoms with E-state index >= 15 is 0 Å². The monoisotopic (exact) mass is 345 g/mol. The van der Waals surface area contributed by atoms with Crippen LogP contribution in [0.2, 0.25) is 0 Å². The van der Waals surface area contributed by atoms with Crippen molar-refractivity contribution in [3.05, 3.63) is 29.8 Å². The van der Waals surface area contributed by atoms with Gasteiger partial charge in [0.2, 0.25) is 11.8 Å². The van der Waals surface area contributed by atoms with Gasteiger partial charge in [0.05, 0.1) is 5.92 Å². The highest BCUT2D eigenvalue weighted by Crippen LogP contribution is 2.23. The fourth-order valence-corrected chi connectivity index (χ4v) is 3.13. The van der Waals surface area contributed by atoms with Crippen LogP contribution in [0.3, 0.4) is 0 Å². The Kier molecular flexibility index (Phi) is 6.09. The lowest BCUT2D eigenvalue weighted by molar-refractivity contribution is -0.142. The minimum absolute atomic E-state index is 0.0432. The molecule has 25 heavy (non-hydrogen) atoms. The second-order valence-corrected chi connectivity index (χ2v) is 8.12. The summed E-state index contributed by atoms with van der Waals surface area (Å²) in [5.74, 6) is 0.0578. The van der Waals surface area contributed by atoms with Gasteiger partial charge in [-0.15, -0.1) is 0 Å². The van der Waals surface area contributed by atoms with Crippen molar-refractivity contribution in [2.45, 2.75) is 40.2 Å². The number of anilines is 1. The van der Waals surface area contributed by atoms with Crippen LogP contribution in [0.5, 0.6) is 0 Å². The molecule has 2 amide bonds. The van der Waals surface area contributed by atoms with Crippen LogP contribution in [0, 0.1) is 11.3 Å². The number of hydrogen-bond donors (Lipinski definition) is 1. The van der Waals surface area contributed by atoms with Gasteiger partial charge in [0.15, 0.2) is 0 Å².